The standard InChI is InChI=1S/C18H24N4O.ClH/c1-12-17(13(2)21(3)20-12)16-5-4-10-22(16)18(23)15-8-6-14(11-19)7-9-15;/h6-9,16H,4-5,10-11,19H2,1-3H3;1H. The van der Waals surface area contributed by atoms with Crippen LogP contribution in [0, 0.1) is 13.8 Å². The largest absolute Gasteiger partial charge is 0.331 e. The fraction of sp³-hybridized carbons (Fsp3) is 0.444. The topological polar surface area (TPSA) is 64.2 Å². The molecule has 1 unspecified atom stereocenters. The predicted octanol–water partition coefficient (Wildman–Crippen LogP) is 2.89. The van der Waals surface area contributed by atoms with E-state index in [4.69, 9.17) is 5.73 Å². The molecule has 0 bridgehead atoms. The van der Waals surface area contributed by atoms with Crippen molar-refractivity contribution in [2.75, 3.05) is 6.54 Å². The van der Waals surface area contributed by atoms with Crippen LogP contribution in [0.3, 0.4) is 0 Å². The number of aryl methyl sites for hydroxylation is 2. The van der Waals surface area contributed by atoms with Gasteiger partial charge >= 0.3 is 0 Å². The third-order valence-electron chi connectivity index (χ3n) is 4.85. The van der Waals surface area contributed by atoms with Gasteiger partial charge in [-0.2, -0.15) is 5.10 Å². The Labute approximate surface area is 149 Å². The fourth-order valence-electron chi connectivity index (χ4n) is 3.53. The second kappa shape index (κ2) is 7.36. The number of aromatic nitrogens is 2. The van der Waals surface area contributed by atoms with E-state index in [1.165, 1.54) is 5.56 Å². The summed E-state index contributed by atoms with van der Waals surface area (Å²) in [7, 11) is 1.96. The van der Waals surface area contributed by atoms with Crippen molar-refractivity contribution in [1.29, 1.82) is 0 Å². The molecule has 5 nitrogen and oxygen atoms in total. The van der Waals surface area contributed by atoms with Gasteiger partial charge in [0.15, 0.2) is 0 Å². The maximum absolute atomic E-state index is 12.9. The fourth-order valence-corrected chi connectivity index (χ4v) is 3.53. The Morgan fingerprint density at radius 2 is 1.96 bits per heavy atom. The number of nitrogens with zero attached hydrogens (tertiary/aromatic N) is 3. The summed E-state index contributed by atoms with van der Waals surface area (Å²) in [6.07, 6.45) is 2.03. The van der Waals surface area contributed by atoms with Gasteiger partial charge in [0, 0.05) is 37.0 Å². The summed E-state index contributed by atoms with van der Waals surface area (Å²) in [5.74, 6) is 0.0960. The third-order valence-corrected chi connectivity index (χ3v) is 4.85. The number of hydrogen-bond acceptors (Lipinski definition) is 3. The summed E-state index contributed by atoms with van der Waals surface area (Å²) < 4.78 is 1.90. The van der Waals surface area contributed by atoms with E-state index in [0.717, 1.165) is 41.9 Å². The SMILES string of the molecule is Cc1nn(C)c(C)c1C1CCCN1C(=O)c1ccc(CN)cc1.Cl. The molecule has 1 saturated heterocycles. The molecule has 2 heterocycles. The van der Waals surface area contributed by atoms with Crippen LogP contribution in [0.5, 0.6) is 0 Å². The number of carbonyl (C=O) groups is 1. The molecule has 1 amide bonds. The zero-order valence-corrected chi connectivity index (χ0v) is 15.3. The van der Waals surface area contributed by atoms with Gasteiger partial charge in [0.1, 0.15) is 0 Å². The number of hydrogen-bond donors (Lipinski definition) is 1. The second-order valence-corrected chi connectivity index (χ2v) is 6.27. The van der Waals surface area contributed by atoms with E-state index >= 15 is 0 Å². The van der Waals surface area contributed by atoms with Gasteiger partial charge in [0.05, 0.1) is 11.7 Å². The average molecular weight is 349 g/mol. The summed E-state index contributed by atoms with van der Waals surface area (Å²) in [5.41, 5.74) is 10.8. The minimum atomic E-state index is 0. The van der Waals surface area contributed by atoms with Crippen LogP contribution in [0.15, 0.2) is 24.3 Å². The lowest BCUT2D eigenvalue weighted by Crippen LogP contribution is -2.31. The Bertz CT molecular complexity index is 723. The average Bonchev–Trinajstić information content (AvgIpc) is 3.12. The molecule has 130 valence electrons. The summed E-state index contributed by atoms with van der Waals surface area (Å²) in [5, 5.41) is 4.51. The van der Waals surface area contributed by atoms with Gasteiger partial charge < -0.3 is 10.6 Å². The van der Waals surface area contributed by atoms with Gasteiger partial charge in [-0.3, -0.25) is 9.48 Å². The van der Waals surface area contributed by atoms with E-state index in [1.54, 1.807) is 0 Å². The molecule has 1 atom stereocenters. The molecule has 1 aliphatic rings. The first-order chi connectivity index (χ1) is 11.0. The maximum Gasteiger partial charge on any atom is 0.254 e. The summed E-state index contributed by atoms with van der Waals surface area (Å²) in [4.78, 5) is 14.9. The molecule has 1 aromatic carbocycles. The van der Waals surface area contributed by atoms with Crippen molar-refractivity contribution in [2.45, 2.75) is 39.3 Å². The van der Waals surface area contributed by atoms with E-state index in [9.17, 15) is 4.79 Å². The highest BCUT2D eigenvalue weighted by atomic mass is 35.5. The lowest BCUT2D eigenvalue weighted by atomic mass is 10.0. The van der Waals surface area contributed by atoms with E-state index in [0.29, 0.717) is 6.54 Å². The normalized spacial score (nSPS) is 17.0. The predicted molar refractivity (Wildman–Crippen MR) is 97.3 cm³/mol. The van der Waals surface area contributed by atoms with Crippen molar-refractivity contribution >= 4 is 18.3 Å². The molecular formula is C18H25ClN4O. The minimum Gasteiger partial charge on any atom is -0.331 e. The minimum absolute atomic E-state index is 0. The van der Waals surface area contributed by atoms with E-state index < -0.39 is 0 Å². The first-order valence-corrected chi connectivity index (χ1v) is 8.13. The Hall–Kier alpha value is -1.85. The van der Waals surface area contributed by atoms with Crippen molar-refractivity contribution in [3.63, 3.8) is 0 Å². The lowest BCUT2D eigenvalue weighted by Gasteiger charge is -2.25. The molecule has 6 heteroatoms. The molecule has 0 radical (unpaired) electrons. The quantitative estimate of drug-likeness (QED) is 0.927. The smallest absolute Gasteiger partial charge is 0.254 e. The second-order valence-electron chi connectivity index (χ2n) is 6.27. The van der Waals surface area contributed by atoms with Crippen molar-refractivity contribution in [1.82, 2.24) is 14.7 Å². The van der Waals surface area contributed by atoms with Gasteiger partial charge in [-0.05, 0) is 44.4 Å². The van der Waals surface area contributed by atoms with Crippen molar-refractivity contribution in [3.8, 4) is 0 Å². The van der Waals surface area contributed by atoms with E-state index in [2.05, 4.69) is 12.0 Å². The maximum atomic E-state index is 12.9. The lowest BCUT2D eigenvalue weighted by molar-refractivity contribution is 0.0735. The van der Waals surface area contributed by atoms with E-state index in [-0.39, 0.29) is 24.4 Å². The van der Waals surface area contributed by atoms with Crippen LogP contribution in [0.4, 0.5) is 0 Å². The third kappa shape index (κ3) is 3.19. The molecule has 24 heavy (non-hydrogen) atoms. The zero-order chi connectivity index (χ0) is 16.6. The number of carbonyl (C=O) groups excluding carboxylic acids is 1. The Morgan fingerprint density at radius 3 is 2.50 bits per heavy atom. The van der Waals surface area contributed by atoms with Crippen LogP contribution in [-0.2, 0) is 13.6 Å². The van der Waals surface area contributed by atoms with Gasteiger partial charge in [0.2, 0.25) is 0 Å². The highest BCUT2D eigenvalue weighted by Gasteiger charge is 2.33. The number of amides is 1. The van der Waals surface area contributed by atoms with Crippen LogP contribution in [0.25, 0.3) is 0 Å². The summed E-state index contributed by atoms with van der Waals surface area (Å²) in [6, 6.07) is 7.74. The Morgan fingerprint density at radius 1 is 1.29 bits per heavy atom. The molecule has 1 aromatic heterocycles. The van der Waals surface area contributed by atoms with Crippen molar-refractivity contribution in [2.24, 2.45) is 12.8 Å². The van der Waals surface area contributed by atoms with E-state index in [1.807, 2.05) is 47.8 Å². The molecule has 0 saturated carbocycles. The number of halogens is 1. The molecule has 2 aromatic rings. The highest BCUT2D eigenvalue weighted by molar-refractivity contribution is 5.94. The molecule has 1 fully saturated rings. The number of nitrogens with two attached hydrogens (primary N) is 1. The summed E-state index contributed by atoms with van der Waals surface area (Å²) >= 11 is 0. The van der Waals surface area contributed by atoms with Crippen LogP contribution >= 0.6 is 12.4 Å². The molecule has 2 N–H and O–H groups in total. The monoisotopic (exact) mass is 348 g/mol. The molecule has 1 aliphatic heterocycles. The Balaban J connectivity index is 0.00000208. The molecular weight excluding hydrogens is 324 g/mol. The van der Waals surface area contributed by atoms with Crippen LogP contribution in [-0.4, -0.2) is 27.1 Å². The molecule has 3 rings (SSSR count). The van der Waals surface area contributed by atoms with Gasteiger partial charge in [-0.25, -0.2) is 0 Å². The Kier molecular flexibility index (Phi) is 5.67. The van der Waals surface area contributed by atoms with Gasteiger partial charge in [0.25, 0.3) is 5.91 Å². The summed E-state index contributed by atoms with van der Waals surface area (Å²) in [6.45, 7) is 5.40. The van der Waals surface area contributed by atoms with Crippen LogP contribution in [0.1, 0.15) is 51.8 Å². The first kappa shape index (κ1) is 18.5. The first-order valence-electron chi connectivity index (χ1n) is 8.13. The van der Waals surface area contributed by atoms with Crippen LogP contribution < -0.4 is 5.73 Å². The van der Waals surface area contributed by atoms with Crippen molar-refractivity contribution in [3.05, 3.63) is 52.3 Å². The number of likely N-dealkylation sites (tertiary alicyclic amines) is 1. The number of rotatable bonds is 3. The molecule has 0 spiro atoms. The highest BCUT2D eigenvalue weighted by Crippen LogP contribution is 2.36. The van der Waals surface area contributed by atoms with Crippen LogP contribution in [0.2, 0.25) is 0 Å². The molecule has 0 aliphatic carbocycles. The number of benzene rings is 1. The van der Waals surface area contributed by atoms with Crippen molar-refractivity contribution < 1.29 is 4.79 Å². The van der Waals surface area contributed by atoms with Gasteiger partial charge in [-0.1, -0.05) is 12.1 Å². The van der Waals surface area contributed by atoms with Gasteiger partial charge in [-0.15, -0.1) is 12.4 Å². The zero-order valence-electron chi connectivity index (χ0n) is 14.5.